The van der Waals surface area contributed by atoms with Crippen LogP contribution in [0, 0.1) is 20.8 Å². The zero-order valence-corrected chi connectivity index (χ0v) is 22.6. The Morgan fingerprint density at radius 3 is 1.87 bits per heavy atom. The lowest BCUT2D eigenvalue weighted by Gasteiger charge is -2.20. The van der Waals surface area contributed by atoms with Crippen molar-refractivity contribution in [3.05, 3.63) is 126 Å². The number of nitrogens with one attached hydrogen (secondary N) is 1. The molecular weight excluding hydrogens is 482 g/mol. The highest BCUT2D eigenvalue weighted by Gasteiger charge is 2.21. The van der Waals surface area contributed by atoms with Crippen molar-refractivity contribution >= 4 is 29.5 Å². The zero-order valence-electron chi connectivity index (χ0n) is 22.6. The predicted molar refractivity (Wildman–Crippen MR) is 160 cm³/mol. The Labute approximate surface area is 229 Å². The van der Waals surface area contributed by atoms with Gasteiger partial charge in [0.1, 0.15) is 5.82 Å². The van der Waals surface area contributed by atoms with Crippen LogP contribution in [0.5, 0.6) is 0 Å². The van der Waals surface area contributed by atoms with Gasteiger partial charge in [-0.25, -0.2) is 0 Å². The maximum Gasteiger partial charge on any atom is 0.256 e. The molecule has 0 unspecified atom stereocenters. The summed E-state index contributed by atoms with van der Waals surface area (Å²) >= 11 is 0. The van der Waals surface area contributed by atoms with E-state index < -0.39 is 0 Å². The monoisotopic (exact) mass is 513 g/mol. The highest BCUT2D eigenvalue weighted by molar-refractivity contribution is 6.09. The number of carbonyl (C=O) groups is 2. The van der Waals surface area contributed by atoms with Gasteiger partial charge >= 0.3 is 0 Å². The zero-order chi connectivity index (χ0) is 27.5. The van der Waals surface area contributed by atoms with Gasteiger partial charge < -0.3 is 9.88 Å². The van der Waals surface area contributed by atoms with Gasteiger partial charge in [0.15, 0.2) is 0 Å². The second kappa shape index (κ2) is 10.8. The number of hydrogen-bond donors (Lipinski definition) is 1. The number of anilines is 3. The van der Waals surface area contributed by atoms with Gasteiger partial charge in [-0.05, 0) is 61.2 Å². The molecule has 1 aromatic heterocycles. The number of aromatic nitrogens is 1. The fourth-order valence-electron chi connectivity index (χ4n) is 4.86. The minimum Gasteiger partial charge on any atom is -0.335 e. The van der Waals surface area contributed by atoms with Gasteiger partial charge in [-0.1, -0.05) is 90.0 Å². The van der Waals surface area contributed by atoms with E-state index >= 15 is 0 Å². The maximum absolute atomic E-state index is 13.4. The second-order valence-electron chi connectivity index (χ2n) is 9.86. The number of hydrogen-bond acceptors (Lipinski definition) is 2. The van der Waals surface area contributed by atoms with Crippen LogP contribution in [0.1, 0.15) is 27.0 Å². The fourth-order valence-corrected chi connectivity index (χ4v) is 4.86. The summed E-state index contributed by atoms with van der Waals surface area (Å²) in [5, 5.41) is 3.07. The number of benzene rings is 4. The van der Waals surface area contributed by atoms with Crippen LogP contribution in [-0.2, 0) is 11.8 Å². The summed E-state index contributed by atoms with van der Waals surface area (Å²) in [5.41, 5.74) is 9.21. The number of amides is 2. The van der Waals surface area contributed by atoms with Crippen molar-refractivity contribution in [2.24, 2.45) is 7.05 Å². The molecule has 0 aliphatic carbocycles. The van der Waals surface area contributed by atoms with Gasteiger partial charge in [0.25, 0.3) is 5.91 Å². The topological polar surface area (TPSA) is 54.3 Å². The lowest BCUT2D eigenvalue weighted by Crippen LogP contribution is -2.18. The van der Waals surface area contributed by atoms with E-state index in [1.165, 1.54) is 5.56 Å². The first-order valence-corrected chi connectivity index (χ1v) is 12.9. The molecule has 5 aromatic rings. The van der Waals surface area contributed by atoms with Crippen LogP contribution in [0.15, 0.2) is 103 Å². The molecule has 0 atom stereocenters. The molecule has 5 nitrogen and oxygen atoms in total. The van der Waals surface area contributed by atoms with E-state index in [-0.39, 0.29) is 5.91 Å². The van der Waals surface area contributed by atoms with Crippen molar-refractivity contribution in [1.82, 2.24) is 4.57 Å². The van der Waals surface area contributed by atoms with Crippen molar-refractivity contribution in [2.45, 2.75) is 20.8 Å². The lowest BCUT2D eigenvalue weighted by atomic mass is 9.98. The minimum atomic E-state index is -0.202. The molecule has 1 heterocycles. The molecule has 0 spiro atoms. The quantitative estimate of drug-likeness (QED) is 0.226. The van der Waals surface area contributed by atoms with Crippen LogP contribution >= 0.6 is 0 Å². The second-order valence-corrected chi connectivity index (χ2v) is 9.86. The third-order valence-corrected chi connectivity index (χ3v) is 7.04. The van der Waals surface area contributed by atoms with Crippen LogP contribution in [0.25, 0.3) is 22.3 Å². The average molecular weight is 514 g/mol. The van der Waals surface area contributed by atoms with Gasteiger partial charge in [-0.2, -0.15) is 0 Å². The molecule has 194 valence electrons. The highest BCUT2D eigenvalue weighted by Crippen LogP contribution is 2.34. The van der Waals surface area contributed by atoms with Crippen molar-refractivity contribution < 1.29 is 9.59 Å². The van der Waals surface area contributed by atoms with Gasteiger partial charge in [0.05, 0.1) is 11.4 Å². The van der Waals surface area contributed by atoms with Crippen LogP contribution in [0.2, 0.25) is 0 Å². The SMILES string of the molecule is Cc1ccc(-c2ccc(N(C=O)c3c(C)c(NC(=O)c4ccccc4-c4ccc(C)cc4)cn3C)cc2)cc1. The molecule has 0 radical (unpaired) electrons. The van der Waals surface area contributed by atoms with E-state index in [2.05, 4.69) is 36.5 Å². The third-order valence-electron chi connectivity index (χ3n) is 7.04. The Hall–Kier alpha value is -4.90. The maximum atomic E-state index is 13.4. The van der Waals surface area contributed by atoms with Gasteiger partial charge in [0.2, 0.25) is 6.41 Å². The Morgan fingerprint density at radius 1 is 0.744 bits per heavy atom. The summed E-state index contributed by atoms with van der Waals surface area (Å²) in [6, 6.07) is 32.0. The standard InChI is InChI=1S/C34H31N3O2/c1-23-9-13-26(14-10-23)27-17-19-29(20-18-27)37(22-38)34-25(3)32(21-36(34)4)35-33(39)31-8-6-5-7-30(31)28-15-11-24(2)12-16-28/h5-22H,1-4H3,(H,35,39). The van der Waals surface area contributed by atoms with Crippen molar-refractivity contribution in [3.63, 3.8) is 0 Å². The first-order valence-electron chi connectivity index (χ1n) is 12.9. The lowest BCUT2D eigenvalue weighted by molar-refractivity contribution is -0.106. The Morgan fingerprint density at radius 2 is 1.28 bits per heavy atom. The molecule has 0 aliphatic heterocycles. The molecule has 4 aromatic carbocycles. The van der Waals surface area contributed by atoms with E-state index in [4.69, 9.17) is 0 Å². The molecule has 0 aliphatic rings. The summed E-state index contributed by atoms with van der Waals surface area (Å²) in [6.45, 7) is 6.02. The van der Waals surface area contributed by atoms with E-state index in [1.54, 1.807) is 4.90 Å². The van der Waals surface area contributed by atoms with E-state index in [9.17, 15) is 9.59 Å². The van der Waals surface area contributed by atoms with E-state index in [1.807, 2.05) is 104 Å². The fraction of sp³-hybridized carbons (Fsp3) is 0.118. The smallest absolute Gasteiger partial charge is 0.256 e. The van der Waals surface area contributed by atoms with E-state index in [0.717, 1.165) is 45.5 Å². The summed E-state index contributed by atoms with van der Waals surface area (Å²) in [4.78, 5) is 27.4. The molecule has 0 saturated heterocycles. The summed E-state index contributed by atoms with van der Waals surface area (Å²) < 4.78 is 1.86. The molecule has 5 rings (SSSR count). The van der Waals surface area contributed by atoms with Crippen LogP contribution in [-0.4, -0.2) is 16.9 Å². The van der Waals surface area contributed by atoms with Gasteiger partial charge in [-0.3, -0.25) is 14.5 Å². The van der Waals surface area contributed by atoms with Crippen molar-refractivity contribution in [3.8, 4) is 22.3 Å². The Kier molecular flexibility index (Phi) is 7.15. The first kappa shape index (κ1) is 25.7. The van der Waals surface area contributed by atoms with Crippen LogP contribution in [0.3, 0.4) is 0 Å². The summed E-state index contributed by atoms with van der Waals surface area (Å²) in [7, 11) is 1.87. The molecule has 5 heteroatoms. The molecule has 0 bridgehead atoms. The third kappa shape index (κ3) is 5.25. The molecule has 0 saturated carbocycles. The molecular formula is C34H31N3O2. The number of aryl methyl sites for hydroxylation is 3. The Bertz CT molecular complexity index is 1630. The summed E-state index contributed by atoms with van der Waals surface area (Å²) in [5.74, 6) is 0.488. The van der Waals surface area contributed by atoms with Gasteiger partial charge in [-0.15, -0.1) is 0 Å². The van der Waals surface area contributed by atoms with Gasteiger partial charge in [0, 0.05) is 24.4 Å². The predicted octanol–water partition coefficient (Wildman–Crippen LogP) is 7.83. The molecule has 39 heavy (non-hydrogen) atoms. The molecule has 1 N–H and O–H groups in total. The van der Waals surface area contributed by atoms with Crippen LogP contribution in [0.4, 0.5) is 17.2 Å². The molecule has 0 fully saturated rings. The Balaban J connectivity index is 1.42. The first-order chi connectivity index (χ1) is 18.9. The highest BCUT2D eigenvalue weighted by atomic mass is 16.1. The number of nitrogens with zero attached hydrogens (tertiary/aromatic N) is 2. The molecule has 2 amide bonds. The summed E-state index contributed by atoms with van der Waals surface area (Å²) in [6.07, 6.45) is 2.65. The van der Waals surface area contributed by atoms with E-state index in [0.29, 0.717) is 17.1 Å². The average Bonchev–Trinajstić information content (AvgIpc) is 3.22. The van der Waals surface area contributed by atoms with Crippen LogP contribution < -0.4 is 10.2 Å². The largest absolute Gasteiger partial charge is 0.335 e. The minimum absolute atomic E-state index is 0.202. The number of rotatable bonds is 7. The van der Waals surface area contributed by atoms with Crippen molar-refractivity contribution in [2.75, 3.05) is 10.2 Å². The normalized spacial score (nSPS) is 10.8. The van der Waals surface area contributed by atoms with Crippen molar-refractivity contribution in [1.29, 1.82) is 0 Å². The number of carbonyl (C=O) groups excluding carboxylic acids is 2.